The van der Waals surface area contributed by atoms with Crippen molar-refractivity contribution in [2.45, 2.75) is 37.7 Å². The molecule has 0 aromatic heterocycles. The summed E-state index contributed by atoms with van der Waals surface area (Å²) in [6.45, 7) is 1.62. The quantitative estimate of drug-likeness (QED) is 0.866. The molecule has 1 unspecified atom stereocenters. The molecule has 1 amide bonds. The number of hydrogen-bond donors (Lipinski definition) is 2. The van der Waals surface area contributed by atoms with Crippen LogP contribution in [-0.2, 0) is 14.3 Å². The fourth-order valence-electron chi connectivity index (χ4n) is 2.30. The topological polar surface area (TPSA) is 75.6 Å². The number of rotatable bonds is 5. The van der Waals surface area contributed by atoms with E-state index in [-0.39, 0.29) is 5.91 Å². The van der Waals surface area contributed by atoms with Crippen molar-refractivity contribution < 1.29 is 19.4 Å². The third-order valence-corrected chi connectivity index (χ3v) is 3.98. The number of ether oxygens (including phenoxy) is 1. The van der Waals surface area contributed by atoms with Crippen LogP contribution in [0.2, 0.25) is 0 Å². The van der Waals surface area contributed by atoms with Crippen LogP contribution in [0.1, 0.15) is 37.7 Å². The zero-order valence-electron chi connectivity index (χ0n) is 11.7. The van der Waals surface area contributed by atoms with E-state index < -0.39 is 17.5 Å². The molecule has 20 heavy (non-hydrogen) atoms. The smallest absolute Gasteiger partial charge is 0.310 e. The van der Waals surface area contributed by atoms with Gasteiger partial charge in [-0.25, -0.2) is 0 Å². The van der Waals surface area contributed by atoms with Gasteiger partial charge in [0.25, 0.3) is 5.91 Å². The Balaban J connectivity index is 2.12. The SMILES string of the molecule is COC1(C(=O)Nc2cccc(C(C)C(=O)O)c2)CCC1. The van der Waals surface area contributed by atoms with Crippen LogP contribution in [0.4, 0.5) is 5.69 Å². The minimum absolute atomic E-state index is 0.161. The fraction of sp³-hybridized carbons (Fsp3) is 0.467. The van der Waals surface area contributed by atoms with Gasteiger partial charge in [-0.3, -0.25) is 9.59 Å². The summed E-state index contributed by atoms with van der Waals surface area (Å²) < 4.78 is 5.32. The van der Waals surface area contributed by atoms with E-state index in [1.54, 1.807) is 38.3 Å². The molecule has 1 aliphatic rings. The first-order chi connectivity index (χ1) is 9.48. The van der Waals surface area contributed by atoms with Gasteiger partial charge in [0.15, 0.2) is 0 Å². The number of carbonyl (C=O) groups excluding carboxylic acids is 1. The summed E-state index contributed by atoms with van der Waals surface area (Å²) in [5, 5.41) is 11.8. The van der Waals surface area contributed by atoms with Crippen molar-refractivity contribution in [3.63, 3.8) is 0 Å². The van der Waals surface area contributed by atoms with E-state index in [9.17, 15) is 9.59 Å². The summed E-state index contributed by atoms with van der Waals surface area (Å²) in [4.78, 5) is 23.2. The molecule has 2 rings (SSSR count). The number of aliphatic carboxylic acids is 1. The lowest BCUT2D eigenvalue weighted by Crippen LogP contribution is -2.50. The highest BCUT2D eigenvalue weighted by atomic mass is 16.5. The van der Waals surface area contributed by atoms with Gasteiger partial charge in [-0.05, 0) is 43.9 Å². The molecule has 1 saturated carbocycles. The molecular weight excluding hydrogens is 258 g/mol. The number of carboxylic acids is 1. The first kappa shape index (κ1) is 14.5. The molecule has 0 spiro atoms. The minimum Gasteiger partial charge on any atom is -0.481 e. The van der Waals surface area contributed by atoms with E-state index in [2.05, 4.69) is 5.32 Å². The molecule has 1 aliphatic carbocycles. The maximum Gasteiger partial charge on any atom is 0.310 e. The zero-order chi connectivity index (χ0) is 14.8. The monoisotopic (exact) mass is 277 g/mol. The molecule has 1 fully saturated rings. The molecule has 0 saturated heterocycles. The molecular formula is C15H19NO4. The number of anilines is 1. The number of carboxylic acid groups (broad SMARTS) is 1. The normalized spacial score (nSPS) is 17.9. The van der Waals surface area contributed by atoms with Gasteiger partial charge in [0.2, 0.25) is 0 Å². The first-order valence-corrected chi connectivity index (χ1v) is 6.68. The molecule has 1 aromatic rings. The lowest BCUT2D eigenvalue weighted by molar-refractivity contribution is -0.148. The lowest BCUT2D eigenvalue weighted by atomic mass is 9.79. The Hall–Kier alpha value is -1.88. The maximum atomic E-state index is 12.2. The Kier molecular flexibility index (Phi) is 4.09. The molecule has 0 heterocycles. The predicted molar refractivity (Wildman–Crippen MR) is 74.7 cm³/mol. The van der Waals surface area contributed by atoms with Crippen LogP contribution < -0.4 is 5.32 Å². The number of hydrogen-bond acceptors (Lipinski definition) is 3. The number of amides is 1. The van der Waals surface area contributed by atoms with E-state index in [1.165, 1.54) is 0 Å². The average Bonchev–Trinajstić information content (AvgIpc) is 2.37. The van der Waals surface area contributed by atoms with E-state index in [4.69, 9.17) is 9.84 Å². The van der Waals surface area contributed by atoms with Gasteiger partial charge < -0.3 is 15.2 Å². The molecule has 108 valence electrons. The van der Waals surface area contributed by atoms with Crippen molar-refractivity contribution in [3.05, 3.63) is 29.8 Å². The second kappa shape index (κ2) is 5.63. The van der Waals surface area contributed by atoms with Gasteiger partial charge in [0.05, 0.1) is 5.92 Å². The molecule has 5 heteroatoms. The second-order valence-corrected chi connectivity index (χ2v) is 5.19. The molecule has 2 N–H and O–H groups in total. The van der Waals surface area contributed by atoms with E-state index in [0.717, 1.165) is 19.3 Å². The number of carbonyl (C=O) groups is 2. The summed E-state index contributed by atoms with van der Waals surface area (Å²) in [6, 6.07) is 6.92. The Labute approximate surface area is 117 Å². The van der Waals surface area contributed by atoms with Gasteiger partial charge in [0, 0.05) is 12.8 Å². The molecule has 5 nitrogen and oxygen atoms in total. The number of methoxy groups -OCH3 is 1. The molecule has 1 atom stereocenters. The van der Waals surface area contributed by atoms with Crippen LogP contribution in [0.25, 0.3) is 0 Å². The van der Waals surface area contributed by atoms with Crippen molar-refractivity contribution in [2.75, 3.05) is 12.4 Å². The fourth-order valence-corrected chi connectivity index (χ4v) is 2.30. The number of nitrogens with one attached hydrogen (secondary N) is 1. The van der Waals surface area contributed by atoms with E-state index >= 15 is 0 Å². The Morgan fingerprint density at radius 3 is 2.60 bits per heavy atom. The van der Waals surface area contributed by atoms with Crippen LogP contribution in [0, 0.1) is 0 Å². The largest absolute Gasteiger partial charge is 0.481 e. The highest BCUT2D eigenvalue weighted by Crippen LogP contribution is 2.36. The zero-order valence-corrected chi connectivity index (χ0v) is 11.7. The standard InChI is InChI=1S/C15H19NO4/c1-10(13(17)18)11-5-3-6-12(9-11)16-14(19)15(20-2)7-4-8-15/h3,5-6,9-10H,4,7-8H2,1-2H3,(H,16,19)(H,17,18). The third kappa shape index (κ3) is 2.67. The van der Waals surface area contributed by atoms with Gasteiger partial charge in [-0.15, -0.1) is 0 Å². The van der Waals surface area contributed by atoms with Crippen molar-refractivity contribution in [2.24, 2.45) is 0 Å². The van der Waals surface area contributed by atoms with E-state index in [0.29, 0.717) is 11.3 Å². The van der Waals surface area contributed by atoms with Gasteiger partial charge in [-0.1, -0.05) is 12.1 Å². The number of benzene rings is 1. The summed E-state index contributed by atoms with van der Waals surface area (Å²) in [5.74, 6) is -1.65. The highest BCUT2D eigenvalue weighted by molar-refractivity contribution is 5.98. The van der Waals surface area contributed by atoms with Gasteiger partial charge >= 0.3 is 5.97 Å². The van der Waals surface area contributed by atoms with E-state index in [1.807, 2.05) is 0 Å². The van der Waals surface area contributed by atoms with Gasteiger partial charge in [0.1, 0.15) is 5.60 Å². The van der Waals surface area contributed by atoms with Gasteiger partial charge in [-0.2, -0.15) is 0 Å². The van der Waals surface area contributed by atoms with Crippen LogP contribution in [0.5, 0.6) is 0 Å². The summed E-state index contributed by atoms with van der Waals surface area (Å²) in [7, 11) is 1.54. The summed E-state index contributed by atoms with van der Waals surface area (Å²) >= 11 is 0. The lowest BCUT2D eigenvalue weighted by Gasteiger charge is -2.38. The maximum absolute atomic E-state index is 12.2. The molecule has 0 aliphatic heterocycles. The average molecular weight is 277 g/mol. The highest BCUT2D eigenvalue weighted by Gasteiger charge is 2.44. The first-order valence-electron chi connectivity index (χ1n) is 6.68. The minimum atomic E-state index is -0.888. The third-order valence-electron chi connectivity index (χ3n) is 3.98. The Bertz CT molecular complexity index is 517. The van der Waals surface area contributed by atoms with Crippen LogP contribution in [0.15, 0.2) is 24.3 Å². The summed E-state index contributed by atoms with van der Waals surface area (Å²) in [6.07, 6.45) is 2.43. The van der Waals surface area contributed by atoms with Crippen molar-refractivity contribution in [3.8, 4) is 0 Å². The second-order valence-electron chi connectivity index (χ2n) is 5.19. The van der Waals surface area contributed by atoms with Crippen LogP contribution in [0.3, 0.4) is 0 Å². The molecule has 1 aromatic carbocycles. The van der Waals surface area contributed by atoms with Crippen LogP contribution >= 0.6 is 0 Å². The van der Waals surface area contributed by atoms with Crippen molar-refractivity contribution >= 4 is 17.6 Å². The predicted octanol–water partition coefficient (Wildman–Crippen LogP) is 2.38. The molecule has 0 radical (unpaired) electrons. The Morgan fingerprint density at radius 2 is 2.10 bits per heavy atom. The molecule has 0 bridgehead atoms. The van der Waals surface area contributed by atoms with Crippen molar-refractivity contribution in [1.29, 1.82) is 0 Å². The van der Waals surface area contributed by atoms with Crippen LogP contribution in [-0.4, -0.2) is 29.7 Å². The Morgan fingerprint density at radius 1 is 1.40 bits per heavy atom. The summed E-state index contributed by atoms with van der Waals surface area (Å²) in [5.41, 5.74) is 0.549. The van der Waals surface area contributed by atoms with Crippen molar-refractivity contribution in [1.82, 2.24) is 0 Å².